The highest BCUT2D eigenvalue weighted by molar-refractivity contribution is 5.69. The van der Waals surface area contributed by atoms with E-state index in [4.69, 9.17) is 9.47 Å². The number of unbranched alkanes of at least 4 members (excludes halogenated alkanes) is 17. The summed E-state index contributed by atoms with van der Waals surface area (Å²) in [7, 11) is 4.32. The van der Waals surface area contributed by atoms with Crippen molar-refractivity contribution in [2.24, 2.45) is 11.8 Å². The molecule has 342 valence electrons. The van der Waals surface area contributed by atoms with Crippen LogP contribution in [0.25, 0.3) is 0 Å². The van der Waals surface area contributed by atoms with Gasteiger partial charge < -0.3 is 19.3 Å². The molecular formula is C52H100N2O4. The fourth-order valence-electron chi connectivity index (χ4n) is 8.00. The van der Waals surface area contributed by atoms with Gasteiger partial charge in [-0.2, -0.15) is 0 Å². The Balaban J connectivity index is 4.19. The third-order valence-corrected chi connectivity index (χ3v) is 11.9. The van der Waals surface area contributed by atoms with Crippen molar-refractivity contribution in [2.75, 3.05) is 53.5 Å². The minimum atomic E-state index is -0.0478. The molecule has 0 amide bonds. The van der Waals surface area contributed by atoms with Crippen LogP contribution in [-0.2, 0) is 19.1 Å². The smallest absolute Gasteiger partial charge is 0.306 e. The van der Waals surface area contributed by atoms with E-state index in [0.717, 1.165) is 56.9 Å². The van der Waals surface area contributed by atoms with Crippen molar-refractivity contribution in [3.05, 3.63) is 24.3 Å². The summed E-state index contributed by atoms with van der Waals surface area (Å²) in [4.78, 5) is 29.6. The van der Waals surface area contributed by atoms with Crippen molar-refractivity contribution < 1.29 is 19.1 Å². The first-order chi connectivity index (χ1) is 28.4. The molecule has 0 N–H and O–H groups in total. The van der Waals surface area contributed by atoms with Crippen molar-refractivity contribution in [1.82, 2.24) is 9.80 Å². The monoisotopic (exact) mass is 817 g/mol. The van der Waals surface area contributed by atoms with Crippen molar-refractivity contribution in [3.63, 3.8) is 0 Å². The second-order valence-corrected chi connectivity index (χ2v) is 17.9. The van der Waals surface area contributed by atoms with Crippen LogP contribution in [0.4, 0.5) is 0 Å². The zero-order valence-corrected chi connectivity index (χ0v) is 39.9. The zero-order valence-electron chi connectivity index (χ0n) is 39.9. The van der Waals surface area contributed by atoms with Crippen LogP contribution >= 0.6 is 0 Å². The molecule has 0 aromatic carbocycles. The number of nitrogens with zero attached hydrogens (tertiary/aromatic N) is 2. The Morgan fingerprint density at radius 3 is 1.10 bits per heavy atom. The van der Waals surface area contributed by atoms with Crippen molar-refractivity contribution >= 4 is 11.9 Å². The summed E-state index contributed by atoms with van der Waals surface area (Å²) in [6.07, 6.45) is 47.0. The second kappa shape index (κ2) is 44.9. The number of ether oxygens (including phenoxy) is 2. The maximum absolute atomic E-state index is 12.3. The van der Waals surface area contributed by atoms with E-state index in [2.05, 4.69) is 75.9 Å². The average molecular weight is 817 g/mol. The van der Waals surface area contributed by atoms with E-state index in [-0.39, 0.29) is 11.9 Å². The maximum Gasteiger partial charge on any atom is 0.306 e. The topological polar surface area (TPSA) is 59.1 Å². The van der Waals surface area contributed by atoms with Crippen LogP contribution in [0, 0.1) is 11.8 Å². The van der Waals surface area contributed by atoms with Gasteiger partial charge >= 0.3 is 11.9 Å². The number of allylic oxidation sites excluding steroid dienone is 2. The van der Waals surface area contributed by atoms with Crippen LogP contribution < -0.4 is 0 Å². The molecule has 0 bridgehead atoms. The number of carbonyl (C=O) groups excluding carboxylic acids is 2. The standard InChI is InChI=1S/C52H100N2O4/c1-7-11-21-35-49(36-22-12-8-2)39-27-33-47-57-51(55)41-25-17-15-19-29-44-54(46-32-31-43-53(5)6)45-30-20-16-18-26-42-52(56)58-48-34-28-40-50(37-23-13-9-3)38-24-14-10-4/h27-28,33-34,49-50H,7-26,29-32,35-48H2,1-6H3/b33-27-,34-28-. The van der Waals surface area contributed by atoms with Gasteiger partial charge in [-0.25, -0.2) is 0 Å². The number of hydrogen-bond acceptors (Lipinski definition) is 6. The number of esters is 2. The van der Waals surface area contributed by atoms with Gasteiger partial charge in [0, 0.05) is 12.8 Å². The van der Waals surface area contributed by atoms with Crippen LogP contribution in [0.5, 0.6) is 0 Å². The molecule has 6 nitrogen and oxygen atoms in total. The molecular weight excluding hydrogens is 717 g/mol. The molecule has 0 heterocycles. The van der Waals surface area contributed by atoms with E-state index in [1.165, 1.54) is 174 Å². The Kier molecular flexibility index (Phi) is 43.6. The van der Waals surface area contributed by atoms with E-state index in [0.29, 0.717) is 26.1 Å². The SMILES string of the molecule is CCCCCC(C/C=C\COC(=O)CCCCCCCN(CCCCCCCC(=O)OC/C=C\CC(CCCCC)CCCCC)CCCCN(C)C)CCCCC. The molecule has 0 spiro atoms. The Bertz CT molecular complexity index is 848. The highest BCUT2D eigenvalue weighted by Gasteiger charge is 2.10. The first kappa shape index (κ1) is 56.3. The van der Waals surface area contributed by atoms with E-state index < -0.39 is 0 Å². The fourth-order valence-corrected chi connectivity index (χ4v) is 8.00. The predicted molar refractivity (Wildman–Crippen MR) is 253 cm³/mol. The second-order valence-electron chi connectivity index (χ2n) is 17.9. The lowest BCUT2D eigenvalue weighted by atomic mass is 9.92. The Morgan fingerprint density at radius 1 is 0.414 bits per heavy atom. The predicted octanol–water partition coefficient (Wildman–Crippen LogP) is 14.8. The highest BCUT2D eigenvalue weighted by atomic mass is 16.5. The van der Waals surface area contributed by atoms with E-state index >= 15 is 0 Å². The first-order valence-corrected chi connectivity index (χ1v) is 25.3. The van der Waals surface area contributed by atoms with E-state index in [1.54, 1.807) is 0 Å². The quantitative estimate of drug-likeness (QED) is 0.0347. The van der Waals surface area contributed by atoms with Crippen LogP contribution in [0.3, 0.4) is 0 Å². The summed E-state index contributed by atoms with van der Waals surface area (Å²) in [6.45, 7) is 14.6. The summed E-state index contributed by atoms with van der Waals surface area (Å²) in [5.74, 6) is 1.46. The molecule has 0 aliphatic rings. The first-order valence-electron chi connectivity index (χ1n) is 25.3. The van der Waals surface area contributed by atoms with Crippen molar-refractivity contribution in [1.29, 1.82) is 0 Å². The average Bonchev–Trinajstić information content (AvgIpc) is 3.20. The Labute approximate surface area is 362 Å². The summed E-state index contributed by atoms with van der Waals surface area (Å²) in [6, 6.07) is 0. The van der Waals surface area contributed by atoms with Gasteiger partial charge in [-0.15, -0.1) is 0 Å². The van der Waals surface area contributed by atoms with Gasteiger partial charge in [0.1, 0.15) is 13.2 Å². The highest BCUT2D eigenvalue weighted by Crippen LogP contribution is 2.23. The van der Waals surface area contributed by atoms with Crippen LogP contribution in [0.15, 0.2) is 24.3 Å². The lowest BCUT2D eigenvalue weighted by Crippen LogP contribution is -2.28. The molecule has 0 unspecified atom stereocenters. The molecule has 0 fully saturated rings. The van der Waals surface area contributed by atoms with Crippen LogP contribution in [0.2, 0.25) is 0 Å². The van der Waals surface area contributed by atoms with Crippen LogP contribution in [0.1, 0.15) is 233 Å². The summed E-state index contributed by atoms with van der Waals surface area (Å²) in [5, 5.41) is 0. The third kappa shape index (κ3) is 41.1. The van der Waals surface area contributed by atoms with E-state index in [1.807, 2.05) is 0 Å². The van der Waals surface area contributed by atoms with E-state index in [9.17, 15) is 9.59 Å². The molecule has 0 radical (unpaired) electrons. The molecule has 6 heteroatoms. The summed E-state index contributed by atoms with van der Waals surface area (Å²) >= 11 is 0. The maximum atomic E-state index is 12.3. The van der Waals surface area contributed by atoms with Gasteiger partial charge in [0.2, 0.25) is 0 Å². The molecule has 58 heavy (non-hydrogen) atoms. The molecule has 0 rings (SSSR count). The normalized spacial score (nSPS) is 12.1. The molecule has 0 aromatic rings. The molecule has 0 saturated heterocycles. The Morgan fingerprint density at radius 2 is 0.741 bits per heavy atom. The minimum Gasteiger partial charge on any atom is -0.461 e. The van der Waals surface area contributed by atoms with Gasteiger partial charge in [0.05, 0.1) is 0 Å². The van der Waals surface area contributed by atoms with Crippen molar-refractivity contribution in [3.8, 4) is 0 Å². The summed E-state index contributed by atoms with van der Waals surface area (Å²) < 4.78 is 11.0. The number of carbonyl (C=O) groups is 2. The lowest BCUT2D eigenvalue weighted by Gasteiger charge is -2.23. The van der Waals surface area contributed by atoms with Gasteiger partial charge in [0.25, 0.3) is 0 Å². The molecule has 0 saturated carbocycles. The van der Waals surface area contributed by atoms with Crippen LogP contribution in [-0.4, -0.2) is 75.2 Å². The molecule has 0 aliphatic carbocycles. The number of rotatable bonds is 45. The minimum absolute atomic E-state index is 0.0478. The molecule has 0 atom stereocenters. The van der Waals surface area contributed by atoms with Gasteiger partial charge in [-0.1, -0.05) is 193 Å². The molecule has 0 aromatic heterocycles. The largest absolute Gasteiger partial charge is 0.461 e. The van der Waals surface area contributed by atoms with Crippen molar-refractivity contribution in [2.45, 2.75) is 233 Å². The number of hydrogen-bond donors (Lipinski definition) is 0. The fraction of sp³-hybridized carbons (Fsp3) is 0.885. The van der Waals surface area contributed by atoms with Gasteiger partial charge in [-0.3, -0.25) is 9.59 Å². The van der Waals surface area contributed by atoms with Gasteiger partial charge in [-0.05, 0) is 103 Å². The Hall–Kier alpha value is -1.66. The molecule has 0 aliphatic heterocycles. The zero-order chi connectivity index (χ0) is 42.6. The summed E-state index contributed by atoms with van der Waals surface area (Å²) in [5.41, 5.74) is 0. The van der Waals surface area contributed by atoms with Gasteiger partial charge in [0.15, 0.2) is 0 Å². The lowest BCUT2D eigenvalue weighted by molar-refractivity contribution is -0.143. The third-order valence-electron chi connectivity index (χ3n) is 11.9.